The Hall–Kier alpha value is -2.62. The van der Waals surface area contributed by atoms with Crippen molar-refractivity contribution in [1.29, 1.82) is 5.26 Å². The molecule has 0 saturated carbocycles. The first-order valence-corrected chi connectivity index (χ1v) is 10.4. The molecule has 1 aromatic heterocycles. The minimum absolute atomic E-state index is 0.0769. The fourth-order valence-electron chi connectivity index (χ4n) is 4.41. The van der Waals surface area contributed by atoms with E-state index in [0.29, 0.717) is 24.5 Å². The maximum atomic E-state index is 12.9. The Bertz CT molecular complexity index is 951. The topological polar surface area (TPSA) is 70.3 Å². The summed E-state index contributed by atoms with van der Waals surface area (Å²) in [6.45, 7) is 7.37. The minimum atomic E-state index is -0.0769. The number of carbonyl (C=O) groups is 1. The van der Waals surface area contributed by atoms with E-state index in [1.54, 1.807) is 0 Å². The summed E-state index contributed by atoms with van der Waals surface area (Å²) in [5.74, 6) is 0.535. The third-order valence-electron chi connectivity index (χ3n) is 6.19. The van der Waals surface area contributed by atoms with Crippen molar-refractivity contribution in [1.82, 2.24) is 9.47 Å². The van der Waals surface area contributed by atoms with E-state index < -0.39 is 0 Å². The highest BCUT2D eigenvalue weighted by Crippen LogP contribution is 2.28. The first-order valence-electron chi connectivity index (χ1n) is 10.4. The summed E-state index contributed by atoms with van der Waals surface area (Å²) in [5.41, 5.74) is 5.15. The Morgan fingerprint density at radius 2 is 2.10 bits per heavy atom. The highest BCUT2D eigenvalue weighted by Gasteiger charge is 2.25. The quantitative estimate of drug-likeness (QED) is 0.849. The Morgan fingerprint density at radius 1 is 1.31 bits per heavy atom. The molecule has 0 spiro atoms. The molecule has 152 valence electrons. The molecule has 1 N–H and O–H groups in total. The van der Waals surface area contributed by atoms with Crippen LogP contribution in [-0.4, -0.2) is 41.2 Å². The van der Waals surface area contributed by atoms with Gasteiger partial charge in [0.15, 0.2) is 0 Å². The van der Waals surface area contributed by atoms with Gasteiger partial charge in [0.2, 0.25) is 5.91 Å². The molecular weight excluding hydrogens is 364 g/mol. The Balaban J connectivity index is 1.49. The summed E-state index contributed by atoms with van der Waals surface area (Å²) < 4.78 is 7.83. The fraction of sp³-hybridized carbons (Fsp3) is 0.478. The van der Waals surface area contributed by atoms with Crippen molar-refractivity contribution in [3.8, 4) is 6.07 Å². The summed E-state index contributed by atoms with van der Waals surface area (Å²) >= 11 is 0. The molecular formula is C23H28N4O2. The monoisotopic (exact) mass is 392 g/mol. The van der Waals surface area contributed by atoms with Crippen LogP contribution in [0.25, 0.3) is 0 Å². The molecule has 1 atom stereocenters. The second-order valence-corrected chi connectivity index (χ2v) is 8.07. The summed E-state index contributed by atoms with van der Waals surface area (Å²) in [5, 5.41) is 12.7. The third-order valence-corrected chi connectivity index (χ3v) is 6.19. The summed E-state index contributed by atoms with van der Waals surface area (Å²) in [7, 11) is 0. The molecule has 29 heavy (non-hydrogen) atoms. The average molecular weight is 393 g/mol. The zero-order valence-electron chi connectivity index (χ0n) is 17.2. The SMILES string of the molecule is Cc1c(C#N)c(NC(=O)CN2CCc3ccccc3C2)n(C[C@H]2CCCO2)c1C. The largest absolute Gasteiger partial charge is 0.376 e. The van der Waals surface area contributed by atoms with Crippen LogP contribution in [0.5, 0.6) is 0 Å². The van der Waals surface area contributed by atoms with Crippen molar-refractivity contribution in [2.45, 2.75) is 52.3 Å². The van der Waals surface area contributed by atoms with Crippen LogP contribution < -0.4 is 5.32 Å². The number of anilines is 1. The highest BCUT2D eigenvalue weighted by atomic mass is 16.5. The molecule has 1 aromatic carbocycles. The van der Waals surface area contributed by atoms with Gasteiger partial charge in [-0.1, -0.05) is 24.3 Å². The number of amides is 1. The maximum Gasteiger partial charge on any atom is 0.239 e. The van der Waals surface area contributed by atoms with E-state index in [0.717, 1.165) is 50.2 Å². The van der Waals surface area contributed by atoms with Crippen LogP contribution in [0, 0.1) is 25.2 Å². The van der Waals surface area contributed by atoms with E-state index in [1.165, 1.54) is 11.1 Å². The van der Waals surface area contributed by atoms with E-state index in [4.69, 9.17) is 4.74 Å². The number of rotatable bonds is 5. The number of hydrogen-bond donors (Lipinski definition) is 1. The molecule has 3 heterocycles. The number of nitriles is 1. The van der Waals surface area contributed by atoms with Crippen LogP contribution in [0.1, 0.15) is 40.8 Å². The lowest BCUT2D eigenvalue weighted by molar-refractivity contribution is -0.117. The molecule has 6 heteroatoms. The number of nitrogens with zero attached hydrogens (tertiary/aromatic N) is 3. The van der Waals surface area contributed by atoms with Gasteiger partial charge in [-0.15, -0.1) is 0 Å². The van der Waals surface area contributed by atoms with Crippen molar-refractivity contribution < 1.29 is 9.53 Å². The van der Waals surface area contributed by atoms with Crippen molar-refractivity contribution in [3.63, 3.8) is 0 Å². The van der Waals surface area contributed by atoms with Crippen LogP contribution in [-0.2, 0) is 29.0 Å². The molecule has 0 bridgehead atoms. The van der Waals surface area contributed by atoms with Gasteiger partial charge >= 0.3 is 0 Å². The standard InChI is InChI=1S/C23H28N4O2/c1-16-17(2)27(14-20-8-5-11-29-20)23(21(16)12-24)25-22(28)15-26-10-9-18-6-3-4-7-19(18)13-26/h3-4,6-7,20H,5,8-11,13-15H2,1-2H3,(H,25,28)/t20-/m1/s1. The second-order valence-electron chi connectivity index (χ2n) is 8.07. The number of fused-ring (bicyclic) bond motifs is 1. The van der Waals surface area contributed by atoms with Crippen molar-refractivity contribution in [2.24, 2.45) is 0 Å². The van der Waals surface area contributed by atoms with Gasteiger partial charge in [0, 0.05) is 25.4 Å². The van der Waals surface area contributed by atoms with Gasteiger partial charge in [-0.25, -0.2) is 0 Å². The van der Waals surface area contributed by atoms with E-state index in [1.807, 2.05) is 24.5 Å². The van der Waals surface area contributed by atoms with Crippen molar-refractivity contribution in [2.75, 3.05) is 25.0 Å². The number of aromatic nitrogens is 1. The summed E-state index contributed by atoms with van der Waals surface area (Å²) in [6.07, 6.45) is 3.17. The lowest BCUT2D eigenvalue weighted by atomic mass is 10.00. The van der Waals surface area contributed by atoms with Gasteiger partial charge in [0.05, 0.1) is 24.8 Å². The Labute approximate surface area is 172 Å². The Kier molecular flexibility index (Phi) is 5.70. The second kappa shape index (κ2) is 8.40. The van der Waals surface area contributed by atoms with Crippen LogP contribution >= 0.6 is 0 Å². The van der Waals surface area contributed by atoms with E-state index >= 15 is 0 Å². The molecule has 1 saturated heterocycles. The van der Waals surface area contributed by atoms with Crippen LogP contribution in [0.4, 0.5) is 5.82 Å². The molecule has 0 unspecified atom stereocenters. The van der Waals surface area contributed by atoms with Crippen LogP contribution in [0.2, 0.25) is 0 Å². The first kappa shape index (κ1) is 19.7. The maximum absolute atomic E-state index is 12.9. The van der Waals surface area contributed by atoms with E-state index in [-0.39, 0.29) is 12.0 Å². The molecule has 2 aliphatic heterocycles. The third kappa shape index (κ3) is 4.07. The van der Waals surface area contributed by atoms with Gasteiger partial charge in [0.25, 0.3) is 0 Å². The zero-order valence-corrected chi connectivity index (χ0v) is 17.2. The van der Waals surface area contributed by atoms with Gasteiger partial charge in [-0.2, -0.15) is 5.26 Å². The van der Waals surface area contributed by atoms with Crippen molar-refractivity contribution in [3.05, 3.63) is 52.2 Å². The lowest BCUT2D eigenvalue weighted by Gasteiger charge is -2.28. The highest BCUT2D eigenvalue weighted by molar-refractivity contribution is 5.93. The van der Waals surface area contributed by atoms with Gasteiger partial charge in [-0.3, -0.25) is 9.69 Å². The molecule has 0 aliphatic carbocycles. The van der Waals surface area contributed by atoms with Gasteiger partial charge < -0.3 is 14.6 Å². The number of hydrogen-bond acceptors (Lipinski definition) is 4. The molecule has 0 radical (unpaired) electrons. The smallest absolute Gasteiger partial charge is 0.239 e. The summed E-state index contributed by atoms with van der Waals surface area (Å²) in [6, 6.07) is 10.7. The predicted molar refractivity (Wildman–Crippen MR) is 112 cm³/mol. The molecule has 1 fully saturated rings. The van der Waals surface area contributed by atoms with Crippen molar-refractivity contribution >= 4 is 11.7 Å². The first-order chi connectivity index (χ1) is 14.1. The number of nitrogens with one attached hydrogen (secondary N) is 1. The van der Waals surface area contributed by atoms with Crippen LogP contribution in [0.15, 0.2) is 24.3 Å². The molecule has 2 aliphatic rings. The van der Waals surface area contributed by atoms with Crippen LogP contribution in [0.3, 0.4) is 0 Å². The predicted octanol–water partition coefficient (Wildman–Crippen LogP) is 3.15. The molecule has 1 amide bonds. The Morgan fingerprint density at radius 3 is 2.83 bits per heavy atom. The average Bonchev–Trinajstić information content (AvgIpc) is 3.31. The minimum Gasteiger partial charge on any atom is -0.376 e. The molecule has 6 nitrogen and oxygen atoms in total. The van der Waals surface area contributed by atoms with E-state index in [2.05, 4.69) is 34.5 Å². The number of ether oxygens (including phenoxy) is 1. The fourth-order valence-corrected chi connectivity index (χ4v) is 4.41. The van der Waals surface area contributed by atoms with Gasteiger partial charge in [-0.05, 0) is 49.8 Å². The van der Waals surface area contributed by atoms with E-state index in [9.17, 15) is 10.1 Å². The normalized spacial score (nSPS) is 19.0. The zero-order chi connectivity index (χ0) is 20.4. The lowest BCUT2D eigenvalue weighted by Crippen LogP contribution is -2.37. The number of benzene rings is 1. The summed E-state index contributed by atoms with van der Waals surface area (Å²) in [4.78, 5) is 15.0. The van der Waals surface area contributed by atoms with Gasteiger partial charge in [0.1, 0.15) is 11.9 Å². The number of carbonyl (C=O) groups excluding carboxylic acids is 1. The molecule has 4 rings (SSSR count). The molecule has 2 aromatic rings.